The van der Waals surface area contributed by atoms with Crippen LogP contribution in [0.3, 0.4) is 0 Å². The first-order valence-electron chi connectivity index (χ1n) is 6.02. The number of benzene rings is 1. The molecule has 4 heteroatoms. The van der Waals surface area contributed by atoms with E-state index in [1.807, 2.05) is 6.07 Å². The molecule has 0 unspecified atom stereocenters. The Labute approximate surface area is 101 Å². The first-order chi connectivity index (χ1) is 8.24. The first kappa shape index (κ1) is 11.9. The van der Waals surface area contributed by atoms with E-state index in [9.17, 15) is 4.39 Å². The van der Waals surface area contributed by atoms with Crippen molar-refractivity contribution in [2.45, 2.75) is 25.8 Å². The van der Waals surface area contributed by atoms with Crippen LogP contribution in [0, 0.1) is 11.7 Å². The molecule has 17 heavy (non-hydrogen) atoms. The number of rotatable bonds is 4. The minimum Gasteiger partial charge on any atom is -0.370 e. The van der Waals surface area contributed by atoms with Crippen molar-refractivity contribution in [2.24, 2.45) is 16.6 Å². The van der Waals surface area contributed by atoms with Crippen molar-refractivity contribution in [2.75, 3.05) is 6.54 Å². The van der Waals surface area contributed by atoms with Gasteiger partial charge in [0.25, 0.3) is 0 Å². The van der Waals surface area contributed by atoms with Crippen LogP contribution in [0.2, 0.25) is 0 Å². The van der Waals surface area contributed by atoms with Crippen molar-refractivity contribution in [3.8, 4) is 0 Å². The summed E-state index contributed by atoms with van der Waals surface area (Å²) in [7, 11) is 0. The minimum atomic E-state index is -0.237. The maximum Gasteiger partial charge on any atom is 0.188 e. The summed E-state index contributed by atoms with van der Waals surface area (Å²) in [4.78, 5) is 4.18. The molecule has 1 aromatic carbocycles. The number of nitrogens with zero attached hydrogens (tertiary/aromatic N) is 1. The number of aliphatic imine (C=N–C) groups is 1. The summed E-state index contributed by atoms with van der Waals surface area (Å²) < 4.78 is 12.9. The molecule has 3 N–H and O–H groups in total. The van der Waals surface area contributed by atoms with Gasteiger partial charge in [-0.05, 0) is 36.5 Å². The molecule has 0 saturated heterocycles. The Morgan fingerprint density at radius 1 is 1.47 bits per heavy atom. The summed E-state index contributed by atoms with van der Waals surface area (Å²) in [5.41, 5.74) is 6.56. The Morgan fingerprint density at radius 3 is 2.94 bits per heavy atom. The average Bonchev–Trinajstić information content (AvgIpc) is 2.24. The van der Waals surface area contributed by atoms with Gasteiger partial charge in [0.15, 0.2) is 5.96 Å². The number of hydrogen-bond acceptors (Lipinski definition) is 1. The summed E-state index contributed by atoms with van der Waals surface area (Å²) in [6.07, 6.45) is 3.89. The van der Waals surface area contributed by atoms with Gasteiger partial charge in [0, 0.05) is 6.54 Å². The van der Waals surface area contributed by atoms with Crippen LogP contribution in [0.5, 0.6) is 0 Å². The van der Waals surface area contributed by atoms with Crippen LogP contribution in [0.4, 0.5) is 4.39 Å². The molecule has 1 saturated carbocycles. The number of guanidine groups is 1. The highest BCUT2D eigenvalue weighted by molar-refractivity contribution is 5.77. The highest BCUT2D eigenvalue weighted by Crippen LogP contribution is 2.24. The van der Waals surface area contributed by atoms with Gasteiger partial charge in [-0.1, -0.05) is 18.6 Å². The number of nitrogens with two attached hydrogens (primary N) is 1. The smallest absolute Gasteiger partial charge is 0.188 e. The van der Waals surface area contributed by atoms with E-state index < -0.39 is 0 Å². The second kappa shape index (κ2) is 5.66. The van der Waals surface area contributed by atoms with Gasteiger partial charge < -0.3 is 11.1 Å². The third kappa shape index (κ3) is 3.73. The Kier molecular flexibility index (Phi) is 3.96. The molecule has 0 radical (unpaired) electrons. The van der Waals surface area contributed by atoms with Crippen molar-refractivity contribution in [3.05, 3.63) is 35.6 Å². The average molecular weight is 235 g/mol. The standard InChI is InChI=1S/C13H18FN3/c14-12-6-2-5-11(7-12)9-17-13(15)16-8-10-3-1-4-10/h2,5-7,10H,1,3-4,8-9H2,(H3,15,16,17). The Balaban J connectivity index is 1.78. The third-order valence-corrected chi connectivity index (χ3v) is 3.12. The van der Waals surface area contributed by atoms with Crippen molar-refractivity contribution < 1.29 is 4.39 Å². The zero-order valence-corrected chi connectivity index (χ0v) is 9.82. The molecule has 1 aromatic rings. The molecule has 1 aliphatic rings. The largest absolute Gasteiger partial charge is 0.370 e. The molecule has 0 bridgehead atoms. The molecule has 1 fully saturated rings. The van der Waals surface area contributed by atoms with Crippen LogP contribution in [0.25, 0.3) is 0 Å². The molecule has 0 aromatic heterocycles. The van der Waals surface area contributed by atoms with E-state index in [0.29, 0.717) is 12.5 Å². The van der Waals surface area contributed by atoms with Crippen LogP contribution >= 0.6 is 0 Å². The lowest BCUT2D eigenvalue weighted by Crippen LogP contribution is -2.37. The molecule has 0 atom stereocenters. The number of halogens is 1. The molecule has 0 aliphatic heterocycles. The predicted molar refractivity (Wildman–Crippen MR) is 67.1 cm³/mol. The fourth-order valence-electron chi connectivity index (χ4n) is 1.81. The molecular formula is C13H18FN3. The second-order valence-corrected chi connectivity index (χ2v) is 4.51. The molecule has 0 amide bonds. The highest BCUT2D eigenvalue weighted by atomic mass is 19.1. The van der Waals surface area contributed by atoms with Gasteiger partial charge in [0.2, 0.25) is 0 Å². The van der Waals surface area contributed by atoms with Gasteiger partial charge in [-0.15, -0.1) is 0 Å². The van der Waals surface area contributed by atoms with Gasteiger partial charge in [0.1, 0.15) is 5.82 Å². The highest BCUT2D eigenvalue weighted by Gasteiger charge is 2.16. The lowest BCUT2D eigenvalue weighted by atomic mass is 9.85. The predicted octanol–water partition coefficient (Wildman–Crippen LogP) is 2.03. The van der Waals surface area contributed by atoms with Gasteiger partial charge >= 0.3 is 0 Å². The lowest BCUT2D eigenvalue weighted by Gasteiger charge is -2.25. The van der Waals surface area contributed by atoms with E-state index in [4.69, 9.17) is 5.73 Å². The molecule has 1 aliphatic carbocycles. The van der Waals surface area contributed by atoms with Gasteiger partial charge in [-0.2, -0.15) is 0 Å². The van der Waals surface area contributed by atoms with E-state index in [1.54, 1.807) is 6.07 Å². The molecule has 0 heterocycles. The Bertz CT molecular complexity index is 399. The van der Waals surface area contributed by atoms with Crippen molar-refractivity contribution >= 4 is 5.96 Å². The molecule has 2 rings (SSSR count). The van der Waals surface area contributed by atoms with E-state index in [2.05, 4.69) is 10.3 Å². The molecule has 3 nitrogen and oxygen atoms in total. The monoisotopic (exact) mass is 235 g/mol. The van der Waals surface area contributed by atoms with E-state index in [1.165, 1.54) is 31.4 Å². The second-order valence-electron chi connectivity index (χ2n) is 4.51. The minimum absolute atomic E-state index is 0.237. The van der Waals surface area contributed by atoms with Crippen LogP contribution in [0.15, 0.2) is 29.3 Å². The van der Waals surface area contributed by atoms with Gasteiger partial charge in [0.05, 0.1) is 6.54 Å². The molecular weight excluding hydrogens is 217 g/mol. The lowest BCUT2D eigenvalue weighted by molar-refractivity contribution is 0.315. The maximum absolute atomic E-state index is 12.9. The van der Waals surface area contributed by atoms with Gasteiger partial charge in [-0.25, -0.2) is 9.38 Å². The summed E-state index contributed by atoms with van der Waals surface area (Å²) >= 11 is 0. The molecule has 0 spiro atoms. The quantitative estimate of drug-likeness (QED) is 0.619. The summed E-state index contributed by atoms with van der Waals surface area (Å²) in [5.74, 6) is 0.956. The normalized spacial score (nSPS) is 16.6. The topological polar surface area (TPSA) is 50.4 Å². The summed E-state index contributed by atoms with van der Waals surface area (Å²) in [5, 5.41) is 3.10. The third-order valence-electron chi connectivity index (χ3n) is 3.12. The van der Waals surface area contributed by atoms with Crippen LogP contribution in [-0.4, -0.2) is 12.5 Å². The van der Waals surface area contributed by atoms with E-state index in [0.717, 1.165) is 18.0 Å². The van der Waals surface area contributed by atoms with E-state index in [-0.39, 0.29) is 5.82 Å². The van der Waals surface area contributed by atoms with Crippen molar-refractivity contribution in [1.29, 1.82) is 0 Å². The number of hydrogen-bond donors (Lipinski definition) is 2. The summed E-state index contributed by atoms with van der Waals surface area (Å²) in [6.45, 7) is 1.32. The van der Waals surface area contributed by atoms with Crippen LogP contribution in [0.1, 0.15) is 24.8 Å². The van der Waals surface area contributed by atoms with Crippen molar-refractivity contribution in [3.63, 3.8) is 0 Å². The van der Waals surface area contributed by atoms with Gasteiger partial charge in [-0.3, -0.25) is 0 Å². The maximum atomic E-state index is 12.9. The first-order valence-corrected chi connectivity index (χ1v) is 6.02. The van der Waals surface area contributed by atoms with E-state index >= 15 is 0 Å². The zero-order valence-electron chi connectivity index (χ0n) is 9.82. The Morgan fingerprint density at radius 2 is 2.29 bits per heavy atom. The SMILES string of the molecule is NC(=NCc1cccc(F)c1)NCC1CCC1. The van der Waals surface area contributed by atoms with Crippen LogP contribution < -0.4 is 11.1 Å². The zero-order chi connectivity index (χ0) is 12.1. The number of nitrogens with one attached hydrogen (secondary N) is 1. The summed E-state index contributed by atoms with van der Waals surface area (Å²) in [6, 6.07) is 6.41. The fourth-order valence-corrected chi connectivity index (χ4v) is 1.81. The fraction of sp³-hybridized carbons (Fsp3) is 0.462. The molecule has 92 valence electrons. The van der Waals surface area contributed by atoms with Crippen molar-refractivity contribution in [1.82, 2.24) is 5.32 Å². The Hall–Kier alpha value is -1.58. The van der Waals surface area contributed by atoms with Crippen LogP contribution in [-0.2, 0) is 6.54 Å².